The smallest absolute Gasteiger partial charge is 0.333 e. The van der Waals surface area contributed by atoms with Crippen LogP contribution in [0.15, 0.2) is 51.5 Å². The summed E-state index contributed by atoms with van der Waals surface area (Å²) in [6, 6.07) is 4.61. The summed E-state index contributed by atoms with van der Waals surface area (Å²) in [5.41, 5.74) is 16.9. The van der Waals surface area contributed by atoms with Gasteiger partial charge < -0.3 is 45.7 Å². The first kappa shape index (κ1) is 64.9. The van der Waals surface area contributed by atoms with Crippen molar-refractivity contribution in [3.8, 4) is 17.6 Å². The standard InChI is InChI=1S/C22H29N5O4S.2C21H27N5O4S/c1-26(2)11-14-12-27-21(31-13-14)19(10-23-27)32(29,30)25-22(28)24-20-17-7-3-5-15(17)9-16-6-4-8-18(16)20;1-22-9-13-11-26-20(30-12-13)18(10-23-26)31(28,29)25-21(27)24-19-16-6-2-4-14(16)8-15-5-3-7-17(15)19;1-2-22-15-11-26-20(30-12-15)18(10-23-26)31(28,29)25-21(27)24-19-16-7-3-5-13(16)9-14-6-4-8-17(14)19/h9-10,14H,3-8,11-13H2,1-2H3,(H2,24,25,28);8,10,13,22H,2-7,9,11-12H2,1H3,(H2,24,25,27);9-10,15,22H,2-8,11-12H2,1H3,(H2,24,25,27)/t;;15-/m..0/s1. The quantitative estimate of drug-likeness (QED) is 0.0648. The lowest BCUT2D eigenvalue weighted by molar-refractivity contribution is 0.136. The fourth-order valence-corrected chi connectivity index (χ4v) is 18.1. The van der Waals surface area contributed by atoms with Gasteiger partial charge in [0.2, 0.25) is 17.6 Å². The van der Waals surface area contributed by atoms with Crippen LogP contribution in [0.5, 0.6) is 17.6 Å². The van der Waals surface area contributed by atoms with E-state index in [2.05, 4.69) is 79.1 Å². The molecule has 30 heteroatoms. The SMILES string of the molecule is CCN[C@@H]1COc2c(S(=O)(=O)NC(=O)Nc3c4c(cc5c3CCC5)CCC4)cnn2C1.CN(C)CC1COc2c(S(=O)(=O)NC(=O)Nc3c4c(cc5c3CCC5)CCC4)cnn2C1.CNCC1COc2c(S(=O)(=O)NC(=O)Nc3c4c(cc5c3CCC5)CCC4)cnn2C1. The molecular formula is C64H83N15O12S3. The van der Waals surface area contributed by atoms with Gasteiger partial charge in [-0.2, -0.15) is 15.3 Å². The molecule has 504 valence electrons. The molecule has 0 saturated heterocycles. The molecule has 6 aromatic rings. The summed E-state index contributed by atoms with van der Waals surface area (Å²) in [4.78, 5) is 40.0. The fourth-order valence-electron chi connectivity index (χ4n) is 15.2. The van der Waals surface area contributed by atoms with E-state index in [1.54, 1.807) is 4.68 Å². The van der Waals surface area contributed by atoms with Gasteiger partial charge >= 0.3 is 18.1 Å². The van der Waals surface area contributed by atoms with E-state index in [-0.39, 0.29) is 50.2 Å². The number of rotatable bonds is 15. The predicted molar refractivity (Wildman–Crippen MR) is 350 cm³/mol. The predicted octanol–water partition coefficient (Wildman–Crippen LogP) is 5.28. The molecule has 6 heterocycles. The zero-order valence-corrected chi connectivity index (χ0v) is 56.0. The average Bonchev–Trinajstić information content (AvgIpc) is 1.46. The Hall–Kier alpha value is -7.77. The Morgan fingerprint density at radius 2 is 0.798 bits per heavy atom. The Balaban J connectivity index is 0.000000128. The van der Waals surface area contributed by atoms with Crippen molar-refractivity contribution >= 4 is 65.2 Å². The van der Waals surface area contributed by atoms with Crippen LogP contribution in [0.3, 0.4) is 0 Å². The molecule has 6 amide bonds. The van der Waals surface area contributed by atoms with Gasteiger partial charge in [-0.3, -0.25) is 0 Å². The maximum absolute atomic E-state index is 13.0. The highest BCUT2D eigenvalue weighted by Gasteiger charge is 2.37. The number of sulfonamides is 3. The number of ether oxygens (including phenoxy) is 3. The highest BCUT2D eigenvalue weighted by atomic mass is 32.2. The van der Waals surface area contributed by atoms with Crippen molar-refractivity contribution in [1.29, 1.82) is 0 Å². The van der Waals surface area contributed by atoms with Crippen molar-refractivity contribution in [3.63, 3.8) is 0 Å². The number of aromatic nitrogens is 6. The Kier molecular flexibility index (Phi) is 18.5. The summed E-state index contributed by atoms with van der Waals surface area (Å²) >= 11 is 0. The van der Waals surface area contributed by atoms with Crippen LogP contribution in [0.4, 0.5) is 31.4 Å². The number of carbonyl (C=O) groups excluding carboxylic acids is 3. The maximum Gasteiger partial charge on any atom is 0.333 e. The number of urea groups is 3. The number of carbonyl (C=O) groups is 3. The van der Waals surface area contributed by atoms with E-state index < -0.39 is 48.2 Å². The minimum absolute atomic E-state index is 0.0616. The molecular weight excluding hydrogens is 1270 g/mol. The Morgan fingerprint density at radius 1 is 0.479 bits per heavy atom. The minimum atomic E-state index is -4.13. The number of nitrogens with zero attached hydrogens (tertiary/aromatic N) is 7. The monoisotopic (exact) mass is 1350 g/mol. The molecule has 3 aromatic carbocycles. The van der Waals surface area contributed by atoms with Gasteiger partial charge in [0, 0.05) is 42.0 Å². The molecule has 6 aliphatic carbocycles. The maximum atomic E-state index is 13.0. The topological polar surface area (TPSA) is 334 Å². The third-order valence-corrected chi connectivity index (χ3v) is 23.1. The number of amides is 6. The van der Waals surface area contributed by atoms with Gasteiger partial charge in [0.05, 0.1) is 57.5 Å². The molecule has 3 atom stereocenters. The zero-order valence-electron chi connectivity index (χ0n) is 53.5. The molecule has 27 nitrogen and oxygen atoms in total. The number of hydrogen-bond donors (Lipinski definition) is 8. The highest BCUT2D eigenvalue weighted by molar-refractivity contribution is 7.90. The first-order valence-electron chi connectivity index (χ1n) is 32.8. The number of nitrogens with one attached hydrogen (secondary N) is 8. The van der Waals surface area contributed by atoms with E-state index in [0.717, 1.165) is 186 Å². The molecule has 2 unspecified atom stereocenters. The lowest BCUT2D eigenvalue weighted by Gasteiger charge is -2.26. The Morgan fingerprint density at radius 3 is 1.13 bits per heavy atom. The van der Waals surface area contributed by atoms with E-state index in [1.807, 2.05) is 28.1 Å². The molecule has 3 aliphatic heterocycles. The normalized spacial score (nSPS) is 19.3. The van der Waals surface area contributed by atoms with Crippen LogP contribution < -0.4 is 55.0 Å². The number of aryl methyl sites for hydroxylation is 6. The molecule has 94 heavy (non-hydrogen) atoms. The molecule has 0 fully saturated rings. The third-order valence-electron chi connectivity index (χ3n) is 19.2. The van der Waals surface area contributed by atoms with Crippen LogP contribution in [0.2, 0.25) is 0 Å². The molecule has 0 saturated carbocycles. The lowest BCUT2D eigenvalue weighted by atomic mass is 9.99. The number of hydrogen-bond acceptors (Lipinski definition) is 18. The number of likely N-dealkylation sites (N-methyl/N-ethyl adjacent to an activating group) is 1. The van der Waals surface area contributed by atoms with Gasteiger partial charge in [0.15, 0.2) is 14.7 Å². The van der Waals surface area contributed by atoms with Crippen molar-refractivity contribution in [2.45, 2.75) is 163 Å². The number of fused-ring (bicyclic) bond motifs is 9. The van der Waals surface area contributed by atoms with Gasteiger partial charge in [-0.15, -0.1) is 0 Å². The van der Waals surface area contributed by atoms with Crippen LogP contribution in [0.25, 0.3) is 0 Å². The van der Waals surface area contributed by atoms with Crippen molar-refractivity contribution in [2.24, 2.45) is 11.8 Å². The fraction of sp³-hybridized carbons (Fsp3) is 0.531. The molecule has 3 aromatic heterocycles. The van der Waals surface area contributed by atoms with E-state index in [4.69, 9.17) is 14.2 Å². The third kappa shape index (κ3) is 13.3. The van der Waals surface area contributed by atoms with E-state index in [9.17, 15) is 39.6 Å². The second kappa shape index (κ2) is 26.8. The van der Waals surface area contributed by atoms with Crippen LogP contribution >= 0.6 is 0 Å². The second-order valence-electron chi connectivity index (χ2n) is 26.1. The summed E-state index contributed by atoms with van der Waals surface area (Å²) in [5, 5.41) is 27.4. The molecule has 0 spiro atoms. The zero-order chi connectivity index (χ0) is 65.6. The van der Waals surface area contributed by atoms with Gasteiger partial charge in [-0.25, -0.2) is 67.8 Å². The van der Waals surface area contributed by atoms with Crippen molar-refractivity contribution in [2.75, 3.05) is 76.5 Å². The molecule has 8 N–H and O–H groups in total. The Labute approximate surface area is 547 Å². The second-order valence-corrected chi connectivity index (χ2v) is 31.1. The largest absolute Gasteiger partial charge is 0.476 e. The summed E-state index contributed by atoms with van der Waals surface area (Å²) in [7, 11) is -6.56. The van der Waals surface area contributed by atoms with E-state index >= 15 is 0 Å². The van der Waals surface area contributed by atoms with Crippen LogP contribution in [0.1, 0.15) is 112 Å². The summed E-state index contributed by atoms with van der Waals surface area (Å²) < 4.78 is 106. The van der Waals surface area contributed by atoms with Gasteiger partial charge in [0.1, 0.15) is 6.61 Å². The average molecular weight is 1350 g/mol. The minimum Gasteiger partial charge on any atom is -0.476 e. The first-order valence-corrected chi connectivity index (χ1v) is 37.3. The first-order chi connectivity index (χ1) is 45.2. The van der Waals surface area contributed by atoms with Crippen molar-refractivity contribution < 1.29 is 53.8 Å². The lowest BCUT2D eigenvalue weighted by Crippen LogP contribution is -2.42. The number of anilines is 3. The van der Waals surface area contributed by atoms with Gasteiger partial charge in [0.25, 0.3) is 30.1 Å². The van der Waals surface area contributed by atoms with E-state index in [0.29, 0.717) is 39.5 Å². The van der Waals surface area contributed by atoms with Gasteiger partial charge in [-0.1, -0.05) is 25.1 Å². The highest BCUT2D eigenvalue weighted by Crippen LogP contribution is 2.42. The van der Waals surface area contributed by atoms with Gasteiger partial charge in [-0.05, 0) is 210 Å². The van der Waals surface area contributed by atoms with Crippen molar-refractivity contribution in [3.05, 3.63) is 104 Å². The van der Waals surface area contributed by atoms with Crippen molar-refractivity contribution in [1.82, 2.24) is 59.0 Å². The molecule has 0 radical (unpaired) electrons. The molecule has 15 rings (SSSR count). The summed E-state index contributed by atoms with van der Waals surface area (Å²) in [5.74, 6) is 0.935. The van der Waals surface area contributed by atoms with Crippen LogP contribution in [-0.4, -0.2) is 144 Å². The van der Waals surface area contributed by atoms with E-state index in [1.165, 1.54) is 61.3 Å². The van der Waals surface area contributed by atoms with Crippen LogP contribution in [-0.2, 0) is 127 Å². The Bertz CT molecular complexity index is 4040. The molecule has 9 aliphatic rings. The summed E-state index contributed by atoms with van der Waals surface area (Å²) in [6.45, 7) is 7.10. The number of benzene rings is 3. The summed E-state index contributed by atoms with van der Waals surface area (Å²) in [6.07, 6.45) is 21.5. The van der Waals surface area contributed by atoms with Crippen LogP contribution in [0, 0.1) is 11.8 Å². The molecule has 0 bridgehead atoms.